The second-order valence-corrected chi connectivity index (χ2v) is 7.54. The van der Waals surface area contributed by atoms with Gasteiger partial charge in [-0.15, -0.1) is 0 Å². The van der Waals surface area contributed by atoms with Gasteiger partial charge in [0, 0.05) is 18.4 Å². The third-order valence-electron chi connectivity index (χ3n) is 3.99. The first-order chi connectivity index (χ1) is 12.2. The predicted molar refractivity (Wildman–Crippen MR) is 98.5 cm³/mol. The number of amides is 1. The number of carbonyl (C=O) groups excluding carboxylic acids is 1. The van der Waals surface area contributed by atoms with Crippen LogP contribution in [0.1, 0.15) is 45.9 Å². The number of benzene rings is 1. The van der Waals surface area contributed by atoms with E-state index in [1.807, 2.05) is 51.1 Å². The van der Waals surface area contributed by atoms with Gasteiger partial charge in [0.25, 0.3) is 0 Å². The third-order valence-corrected chi connectivity index (χ3v) is 3.99. The lowest BCUT2D eigenvalue weighted by molar-refractivity contribution is -0.142. The summed E-state index contributed by atoms with van der Waals surface area (Å²) in [4.78, 5) is 27.6. The molecule has 1 atom stereocenters. The first-order valence-corrected chi connectivity index (χ1v) is 8.77. The molecule has 0 bridgehead atoms. The van der Waals surface area contributed by atoms with Gasteiger partial charge < -0.3 is 14.8 Å². The maximum Gasteiger partial charge on any atom is 0.326 e. The van der Waals surface area contributed by atoms with Crippen LogP contribution in [0.2, 0.25) is 0 Å². The van der Waals surface area contributed by atoms with Crippen LogP contribution >= 0.6 is 0 Å². The molecule has 2 rings (SSSR count). The zero-order valence-corrected chi connectivity index (χ0v) is 15.5. The summed E-state index contributed by atoms with van der Waals surface area (Å²) in [7, 11) is 0. The van der Waals surface area contributed by atoms with Crippen LogP contribution in [-0.2, 0) is 16.0 Å². The summed E-state index contributed by atoms with van der Waals surface area (Å²) in [5.74, 6) is -0.217. The summed E-state index contributed by atoms with van der Waals surface area (Å²) in [6.45, 7) is 6.13. The Balaban J connectivity index is 1.86. The second kappa shape index (κ2) is 8.65. The molecule has 0 fully saturated rings. The van der Waals surface area contributed by atoms with Crippen molar-refractivity contribution in [3.63, 3.8) is 0 Å². The van der Waals surface area contributed by atoms with Gasteiger partial charge in [0.15, 0.2) is 11.7 Å². The highest BCUT2D eigenvalue weighted by Gasteiger charge is 2.22. The van der Waals surface area contributed by atoms with Crippen molar-refractivity contribution < 1.29 is 19.1 Å². The molecule has 1 unspecified atom stereocenters. The highest BCUT2D eigenvalue weighted by molar-refractivity contribution is 5.83. The smallest absolute Gasteiger partial charge is 0.326 e. The van der Waals surface area contributed by atoms with E-state index < -0.39 is 12.0 Å². The molecule has 2 N–H and O–H groups in total. The van der Waals surface area contributed by atoms with Crippen LogP contribution < -0.4 is 5.32 Å². The van der Waals surface area contributed by atoms with Crippen LogP contribution in [0.15, 0.2) is 40.9 Å². The summed E-state index contributed by atoms with van der Waals surface area (Å²) in [5.41, 5.74) is 0.938. The van der Waals surface area contributed by atoms with Gasteiger partial charge in [-0.3, -0.25) is 4.79 Å². The maximum atomic E-state index is 12.1. The molecule has 0 aliphatic carbocycles. The van der Waals surface area contributed by atoms with Crippen molar-refractivity contribution in [2.45, 2.75) is 52.5 Å². The number of hydrogen-bond donors (Lipinski definition) is 2. The van der Waals surface area contributed by atoms with Gasteiger partial charge in [-0.25, -0.2) is 9.78 Å². The largest absolute Gasteiger partial charge is 0.480 e. The van der Waals surface area contributed by atoms with E-state index in [-0.39, 0.29) is 17.7 Å². The molecule has 6 heteroatoms. The summed E-state index contributed by atoms with van der Waals surface area (Å²) >= 11 is 0. The minimum Gasteiger partial charge on any atom is -0.480 e. The highest BCUT2D eigenvalue weighted by atomic mass is 16.4. The minimum absolute atomic E-state index is 0.0182. The average Bonchev–Trinajstić information content (AvgIpc) is 3.05. The first kappa shape index (κ1) is 19.7. The minimum atomic E-state index is -1.01. The molecule has 26 heavy (non-hydrogen) atoms. The quantitative estimate of drug-likeness (QED) is 0.751. The fourth-order valence-electron chi connectivity index (χ4n) is 2.48. The summed E-state index contributed by atoms with van der Waals surface area (Å²) in [6, 6.07) is 8.71. The van der Waals surface area contributed by atoms with E-state index in [9.17, 15) is 14.7 Å². The summed E-state index contributed by atoms with van der Waals surface area (Å²) in [6.07, 6.45) is 3.20. The van der Waals surface area contributed by atoms with Crippen LogP contribution in [-0.4, -0.2) is 28.0 Å². The van der Waals surface area contributed by atoms with E-state index in [2.05, 4.69) is 10.3 Å². The predicted octanol–water partition coefficient (Wildman–Crippen LogP) is 3.67. The Morgan fingerprint density at radius 2 is 1.92 bits per heavy atom. The molecule has 6 nitrogen and oxygen atoms in total. The first-order valence-electron chi connectivity index (χ1n) is 8.77. The zero-order chi connectivity index (χ0) is 19.2. The van der Waals surface area contributed by atoms with Gasteiger partial charge in [0.1, 0.15) is 6.04 Å². The number of carboxylic acid groups (broad SMARTS) is 1. The molecule has 140 valence electrons. The SMILES string of the molecule is CC(C)(C)CCC(NC(=O)CCc1ncc(-c2ccccc2)o1)C(=O)O. The molecule has 0 saturated carbocycles. The zero-order valence-electron chi connectivity index (χ0n) is 15.5. The third kappa shape index (κ3) is 6.35. The summed E-state index contributed by atoms with van der Waals surface area (Å²) < 4.78 is 5.66. The van der Waals surface area contributed by atoms with E-state index >= 15 is 0 Å². The molecule has 1 heterocycles. The number of hydrogen-bond acceptors (Lipinski definition) is 4. The highest BCUT2D eigenvalue weighted by Crippen LogP contribution is 2.22. The number of aliphatic carboxylic acids is 1. The van der Waals surface area contributed by atoms with Crippen molar-refractivity contribution >= 4 is 11.9 Å². The standard InChI is InChI=1S/C20H26N2O4/c1-20(2,3)12-11-15(19(24)25)22-17(23)9-10-18-21-13-16(26-18)14-7-5-4-6-8-14/h4-8,13,15H,9-12H2,1-3H3,(H,22,23)(H,24,25). The topological polar surface area (TPSA) is 92.4 Å². The molecule has 0 radical (unpaired) electrons. The van der Waals surface area contributed by atoms with Gasteiger partial charge in [-0.1, -0.05) is 51.1 Å². The number of nitrogens with one attached hydrogen (secondary N) is 1. The Kier molecular flexibility index (Phi) is 6.55. The Bertz CT molecular complexity index is 732. The fourth-order valence-corrected chi connectivity index (χ4v) is 2.48. The van der Waals surface area contributed by atoms with Crippen LogP contribution in [0.3, 0.4) is 0 Å². The Hall–Kier alpha value is -2.63. The van der Waals surface area contributed by atoms with E-state index in [1.165, 1.54) is 0 Å². The number of nitrogens with zero attached hydrogens (tertiary/aromatic N) is 1. The molecular formula is C20H26N2O4. The monoisotopic (exact) mass is 358 g/mol. The molecule has 0 aliphatic heterocycles. The number of rotatable bonds is 8. The number of carboxylic acids is 1. The molecule has 2 aromatic rings. The van der Waals surface area contributed by atoms with Crippen molar-refractivity contribution in [3.05, 3.63) is 42.4 Å². The van der Waals surface area contributed by atoms with E-state index in [0.717, 1.165) is 5.56 Å². The normalized spacial score (nSPS) is 12.6. The van der Waals surface area contributed by atoms with Crippen LogP contribution in [0.5, 0.6) is 0 Å². The lowest BCUT2D eigenvalue weighted by atomic mass is 9.88. The number of aromatic nitrogens is 1. The molecule has 0 aliphatic rings. The maximum absolute atomic E-state index is 12.1. The van der Waals surface area contributed by atoms with Crippen molar-refractivity contribution in [2.75, 3.05) is 0 Å². The molecule has 1 amide bonds. The second-order valence-electron chi connectivity index (χ2n) is 7.54. The molecule has 0 saturated heterocycles. The molecule has 0 spiro atoms. The van der Waals surface area contributed by atoms with Crippen LogP contribution in [0.4, 0.5) is 0 Å². The molecular weight excluding hydrogens is 332 g/mol. The van der Waals surface area contributed by atoms with Gasteiger partial charge in [-0.2, -0.15) is 0 Å². The fraction of sp³-hybridized carbons (Fsp3) is 0.450. The van der Waals surface area contributed by atoms with Gasteiger partial charge in [-0.05, 0) is 18.3 Å². The van der Waals surface area contributed by atoms with Crippen LogP contribution in [0, 0.1) is 5.41 Å². The number of carbonyl (C=O) groups is 2. The number of oxazole rings is 1. The molecule has 1 aromatic carbocycles. The summed E-state index contributed by atoms with van der Waals surface area (Å²) in [5, 5.41) is 11.9. The van der Waals surface area contributed by atoms with Crippen LogP contribution in [0.25, 0.3) is 11.3 Å². The Morgan fingerprint density at radius 3 is 2.54 bits per heavy atom. The average molecular weight is 358 g/mol. The Morgan fingerprint density at radius 1 is 1.23 bits per heavy atom. The van der Waals surface area contributed by atoms with Crippen molar-refractivity contribution in [1.82, 2.24) is 10.3 Å². The number of aryl methyl sites for hydroxylation is 1. The Labute approximate surface area is 153 Å². The lowest BCUT2D eigenvalue weighted by Gasteiger charge is -2.21. The van der Waals surface area contributed by atoms with Crippen molar-refractivity contribution in [3.8, 4) is 11.3 Å². The lowest BCUT2D eigenvalue weighted by Crippen LogP contribution is -2.41. The van der Waals surface area contributed by atoms with Gasteiger partial charge in [0.2, 0.25) is 5.91 Å². The van der Waals surface area contributed by atoms with E-state index in [4.69, 9.17) is 4.42 Å². The van der Waals surface area contributed by atoms with Crippen molar-refractivity contribution in [2.24, 2.45) is 5.41 Å². The van der Waals surface area contributed by atoms with E-state index in [0.29, 0.717) is 30.9 Å². The van der Waals surface area contributed by atoms with Crippen molar-refractivity contribution in [1.29, 1.82) is 0 Å². The van der Waals surface area contributed by atoms with Gasteiger partial charge in [0.05, 0.1) is 6.20 Å². The molecule has 1 aromatic heterocycles. The van der Waals surface area contributed by atoms with Gasteiger partial charge >= 0.3 is 5.97 Å². The van der Waals surface area contributed by atoms with E-state index in [1.54, 1.807) is 6.20 Å².